The minimum atomic E-state index is -0.907. The molecule has 0 atom stereocenters. The molecule has 5 nitrogen and oxygen atoms in total. The number of hydrogen-bond donors (Lipinski definition) is 2. The summed E-state index contributed by atoms with van der Waals surface area (Å²) in [6.45, 7) is 0. The first kappa shape index (κ1) is 17.1. The lowest BCUT2D eigenvalue weighted by atomic mass is 10.0. The van der Waals surface area contributed by atoms with Gasteiger partial charge in [-0.15, -0.1) is 0 Å². The van der Waals surface area contributed by atoms with Crippen LogP contribution >= 0.6 is 23.2 Å². The van der Waals surface area contributed by atoms with Crippen molar-refractivity contribution < 1.29 is 9.90 Å². The molecule has 0 saturated carbocycles. The molecule has 0 aliphatic heterocycles. The number of hydrogen-bond acceptors (Lipinski definition) is 3. The van der Waals surface area contributed by atoms with Crippen molar-refractivity contribution in [3.63, 3.8) is 0 Å². The van der Waals surface area contributed by atoms with E-state index >= 15 is 0 Å². The number of rotatable bonds is 3. The summed E-state index contributed by atoms with van der Waals surface area (Å²) in [6, 6.07) is 14.4. The largest absolute Gasteiger partial charge is 0.494 e. The first-order valence-electron chi connectivity index (χ1n) is 7.20. The Morgan fingerprint density at radius 1 is 1.04 bits per heavy atom. The molecule has 0 bridgehead atoms. The molecule has 1 heterocycles. The maximum Gasteiger partial charge on any atom is 0.271 e. The third-order valence-corrected chi connectivity index (χ3v) is 4.22. The molecule has 0 aliphatic rings. The van der Waals surface area contributed by atoms with Crippen molar-refractivity contribution in [2.24, 2.45) is 5.73 Å². The number of halogens is 2. The molecule has 0 fully saturated rings. The predicted molar refractivity (Wildman–Crippen MR) is 97.7 cm³/mol. The van der Waals surface area contributed by atoms with Crippen LogP contribution in [-0.2, 0) is 0 Å². The third kappa shape index (κ3) is 3.12. The molecular formula is C18H12Cl2N2O3. The standard InChI is InChI=1S/C18H12Cl2N2O3/c19-11-6-7-13(20)14(8-11)22-15(23)9-12(10-4-2-1-3-5-10)16(17(21)24)18(22)25/h1-9,23H,(H2,21,24). The number of aromatic nitrogens is 1. The van der Waals surface area contributed by atoms with Gasteiger partial charge in [-0.2, -0.15) is 0 Å². The van der Waals surface area contributed by atoms with Crippen LogP contribution in [0.4, 0.5) is 0 Å². The number of amides is 1. The molecule has 0 spiro atoms. The second-order valence-electron chi connectivity index (χ2n) is 5.26. The van der Waals surface area contributed by atoms with Crippen molar-refractivity contribution in [2.75, 3.05) is 0 Å². The van der Waals surface area contributed by atoms with Gasteiger partial charge in [-0.1, -0.05) is 53.5 Å². The van der Waals surface area contributed by atoms with E-state index in [1.807, 2.05) is 0 Å². The van der Waals surface area contributed by atoms with Gasteiger partial charge in [-0.3, -0.25) is 9.59 Å². The molecule has 126 valence electrons. The number of primary amides is 1. The Morgan fingerprint density at radius 2 is 1.72 bits per heavy atom. The fraction of sp³-hybridized carbons (Fsp3) is 0. The monoisotopic (exact) mass is 374 g/mol. The summed E-state index contributed by atoms with van der Waals surface area (Å²) in [5.41, 5.74) is 5.36. The predicted octanol–water partition coefficient (Wildman–Crippen LogP) is 3.62. The van der Waals surface area contributed by atoms with Gasteiger partial charge in [0, 0.05) is 16.7 Å². The molecule has 3 N–H and O–H groups in total. The van der Waals surface area contributed by atoms with E-state index in [1.165, 1.54) is 18.2 Å². The fourth-order valence-electron chi connectivity index (χ4n) is 2.57. The Bertz CT molecular complexity index is 1030. The average molecular weight is 375 g/mol. The molecule has 0 radical (unpaired) electrons. The van der Waals surface area contributed by atoms with Crippen LogP contribution in [-0.4, -0.2) is 15.6 Å². The van der Waals surface area contributed by atoms with Crippen molar-refractivity contribution >= 4 is 29.1 Å². The van der Waals surface area contributed by atoms with Crippen LogP contribution in [0, 0.1) is 0 Å². The number of nitrogens with two attached hydrogens (primary N) is 1. The number of carbonyl (C=O) groups is 1. The molecule has 3 rings (SSSR count). The summed E-state index contributed by atoms with van der Waals surface area (Å²) in [4.78, 5) is 24.8. The third-order valence-electron chi connectivity index (χ3n) is 3.67. The molecule has 0 saturated heterocycles. The minimum absolute atomic E-state index is 0.152. The number of benzene rings is 2. The maximum atomic E-state index is 12.9. The van der Waals surface area contributed by atoms with Gasteiger partial charge >= 0.3 is 0 Å². The van der Waals surface area contributed by atoms with Crippen molar-refractivity contribution in [3.8, 4) is 22.7 Å². The van der Waals surface area contributed by atoms with Gasteiger partial charge in [0.25, 0.3) is 11.5 Å². The summed E-state index contributed by atoms with van der Waals surface area (Å²) in [7, 11) is 0. The quantitative estimate of drug-likeness (QED) is 0.733. The highest BCUT2D eigenvalue weighted by molar-refractivity contribution is 6.34. The number of nitrogens with zero attached hydrogens (tertiary/aromatic N) is 1. The maximum absolute atomic E-state index is 12.9. The van der Waals surface area contributed by atoms with E-state index in [0.29, 0.717) is 10.6 Å². The minimum Gasteiger partial charge on any atom is -0.494 e. The smallest absolute Gasteiger partial charge is 0.271 e. The van der Waals surface area contributed by atoms with E-state index in [1.54, 1.807) is 36.4 Å². The lowest BCUT2D eigenvalue weighted by Crippen LogP contribution is -2.30. The van der Waals surface area contributed by atoms with Gasteiger partial charge in [0.15, 0.2) is 5.88 Å². The number of pyridine rings is 1. The van der Waals surface area contributed by atoms with Crippen LogP contribution in [0.25, 0.3) is 16.8 Å². The molecule has 0 aliphatic carbocycles. The lowest BCUT2D eigenvalue weighted by Gasteiger charge is -2.15. The Kier molecular flexibility index (Phi) is 4.53. The van der Waals surface area contributed by atoms with E-state index in [0.717, 1.165) is 4.57 Å². The van der Waals surface area contributed by atoms with Crippen LogP contribution in [0.15, 0.2) is 59.4 Å². The summed E-state index contributed by atoms with van der Waals surface area (Å²) in [6.07, 6.45) is 0. The van der Waals surface area contributed by atoms with E-state index < -0.39 is 17.3 Å². The molecule has 3 aromatic rings. The second-order valence-corrected chi connectivity index (χ2v) is 6.10. The van der Waals surface area contributed by atoms with Crippen LogP contribution in [0.5, 0.6) is 5.88 Å². The molecule has 25 heavy (non-hydrogen) atoms. The van der Waals surface area contributed by atoms with E-state index in [2.05, 4.69) is 0 Å². The average Bonchev–Trinajstić information content (AvgIpc) is 2.57. The Balaban J connectivity index is 2.38. The Morgan fingerprint density at radius 3 is 2.36 bits per heavy atom. The van der Waals surface area contributed by atoms with Crippen molar-refractivity contribution in [2.45, 2.75) is 0 Å². The summed E-state index contributed by atoms with van der Waals surface area (Å²) in [5, 5.41) is 10.9. The van der Waals surface area contributed by atoms with E-state index in [9.17, 15) is 14.7 Å². The van der Waals surface area contributed by atoms with Gasteiger partial charge in [0.1, 0.15) is 5.56 Å². The van der Waals surface area contributed by atoms with Gasteiger partial charge in [-0.05, 0) is 23.8 Å². The van der Waals surface area contributed by atoms with Gasteiger partial charge in [0.2, 0.25) is 0 Å². The Labute approximate surface area is 152 Å². The Hall–Kier alpha value is -2.76. The van der Waals surface area contributed by atoms with Crippen LogP contribution in [0.2, 0.25) is 10.0 Å². The summed E-state index contributed by atoms with van der Waals surface area (Å²) < 4.78 is 0.904. The number of aromatic hydroxyl groups is 1. The molecule has 2 aromatic carbocycles. The van der Waals surface area contributed by atoms with Crippen molar-refractivity contribution in [1.29, 1.82) is 0 Å². The highest BCUT2D eigenvalue weighted by Crippen LogP contribution is 2.30. The van der Waals surface area contributed by atoms with Crippen LogP contribution in [0.1, 0.15) is 10.4 Å². The zero-order valence-corrected chi connectivity index (χ0v) is 14.3. The van der Waals surface area contributed by atoms with E-state index in [4.69, 9.17) is 28.9 Å². The highest BCUT2D eigenvalue weighted by Gasteiger charge is 2.21. The summed E-state index contributed by atoms with van der Waals surface area (Å²) >= 11 is 12.1. The van der Waals surface area contributed by atoms with Crippen molar-refractivity contribution in [3.05, 3.63) is 80.6 Å². The van der Waals surface area contributed by atoms with Crippen LogP contribution < -0.4 is 11.3 Å². The molecule has 1 amide bonds. The molecule has 1 aromatic heterocycles. The van der Waals surface area contributed by atoms with Gasteiger partial charge in [0.05, 0.1) is 10.7 Å². The SMILES string of the molecule is NC(=O)c1c(-c2ccccc2)cc(O)n(-c2cc(Cl)ccc2Cl)c1=O. The summed E-state index contributed by atoms with van der Waals surface area (Å²) in [5.74, 6) is -1.30. The highest BCUT2D eigenvalue weighted by atomic mass is 35.5. The zero-order valence-electron chi connectivity index (χ0n) is 12.7. The zero-order chi connectivity index (χ0) is 18.1. The molecule has 0 unspecified atom stereocenters. The van der Waals surface area contributed by atoms with Gasteiger partial charge < -0.3 is 10.8 Å². The lowest BCUT2D eigenvalue weighted by molar-refractivity contribution is 0.0999. The van der Waals surface area contributed by atoms with Gasteiger partial charge in [-0.25, -0.2) is 4.57 Å². The van der Waals surface area contributed by atoms with Crippen LogP contribution in [0.3, 0.4) is 0 Å². The first-order valence-corrected chi connectivity index (χ1v) is 7.95. The number of carbonyl (C=O) groups excluding carboxylic acids is 1. The second kappa shape index (κ2) is 6.63. The molecular weight excluding hydrogens is 363 g/mol. The molecule has 7 heteroatoms. The first-order chi connectivity index (χ1) is 11.9. The normalized spacial score (nSPS) is 10.6. The van der Waals surface area contributed by atoms with E-state index in [-0.39, 0.29) is 21.8 Å². The fourth-order valence-corrected chi connectivity index (χ4v) is 2.94. The topological polar surface area (TPSA) is 85.3 Å². The van der Waals surface area contributed by atoms with Crippen molar-refractivity contribution in [1.82, 2.24) is 4.57 Å².